The fourth-order valence-electron chi connectivity index (χ4n) is 3.66. The molecule has 1 aliphatic heterocycles. The van der Waals surface area contributed by atoms with Gasteiger partial charge in [-0.1, -0.05) is 11.2 Å². The van der Waals surface area contributed by atoms with Gasteiger partial charge in [0, 0.05) is 18.7 Å². The zero-order chi connectivity index (χ0) is 21.1. The normalized spacial score (nSPS) is 16.4. The number of rotatable bonds is 6. The van der Waals surface area contributed by atoms with Crippen molar-refractivity contribution in [2.24, 2.45) is 0 Å². The van der Waals surface area contributed by atoms with Crippen molar-refractivity contribution in [1.82, 2.24) is 15.0 Å². The minimum Gasteiger partial charge on any atom is -0.493 e. The Hall–Kier alpha value is -3.07. The fourth-order valence-corrected chi connectivity index (χ4v) is 4.31. The number of hydrogen-bond acceptors (Lipinski definition) is 8. The molecule has 1 aliphatic rings. The number of ether oxygens (including phenoxy) is 3. The SMILES string of the molecule is COc1cc(C(=O)N2CCC[C@H](c3nc(-c4cccs4)no3)C2)cc(OC)c1OC. The summed E-state index contributed by atoms with van der Waals surface area (Å²) in [4.78, 5) is 20.5. The molecule has 1 atom stereocenters. The molecule has 1 saturated heterocycles. The molecule has 0 spiro atoms. The maximum absolute atomic E-state index is 13.2. The highest BCUT2D eigenvalue weighted by molar-refractivity contribution is 7.13. The molecule has 0 saturated carbocycles. The fraction of sp³-hybridized carbons (Fsp3) is 0.381. The first-order valence-electron chi connectivity index (χ1n) is 9.61. The summed E-state index contributed by atoms with van der Waals surface area (Å²) in [5.41, 5.74) is 0.481. The Morgan fingerprint density at radius 2 is 1.97 bits per heavy atom. The molecule has 8 nitrogen and oxygen atoms in total. The molecule has 0 N–H and O–H groups in total. The largest absolute Gasteiger partial charge is 0.493 e. The molecule has 9 heteroatoms. The van der Waals surface area contributed by atoms with Crippen molar-refractivity contribution in [3.63, 3.8) is 0 Å². The second-order valence-electron chi connectivity index (χ2n) is 6.94. The predicted molar refractivity (Wildman–Crippen MR) is 112 cm³/mol. The van der Waals surface area contributed by atoms with Gasteiger partial charge in [0.15, 0.2) is 11.5 Å². The molecule has 3 aromatic rings. The average Bonchev–Trinajstić information content (AvgIpc) is 3.49. The second-order valence-corrected chi connectivity index (χ2v) is 7.89. The summed E-state index contributed by atoms with van der Waals surface area (Å²) in [6, 6.07) is 7.26. The van der Waals surface area contributed by atoms with Crippen LogP contribution in [-0.2, 0) is 0 Å². The van der Waals surface area contributed by atoms with Crippen LogP contribution in [0.5, 0.6) is 17.2 Å². The zero-order valence-corrected chi connectivity index (χ0v) is 17.9. The van der Waals surface area contributed by atoms with Gasteiger partial charge in [-0.15, -0.1) is 11.3 Å². The van der Waals surface area contributed by atoms with Gasteiger partial charge in [-0.25, -0.2) is 0 Å². The van der Waals surface area contributed by atoms with Gasteiger partial charge in [0.2, 0.25) is 17.5 Å². The molecule has 3 heterocycles. The molecule has 1 fully saturated rings. The van der Waals surface area contributed by atoms with Gasteiger partial charge >= 0.3 is 0 Å². The molecule has 0 radical (unpaired) electrons. The van der Waals surface area contributed by atoms with E-state index in [9.17, 15) is 4.79 Å². The zero-order valence-electron chi connectivity index (χ0n) is 17.1. The van der Waals surface area contributed by atoms with Crippen LogP contribution in [0.25, 0.3) is 10.7 Å². The smallest absolute Gasteiger partial charge is 0.254 e. The maximum Gasteiger partial charge on any atom is 0.254 e. The van der Waals surface area contributed by atoms with Crippen molar-refractivity contribution in [2.75, 3.05) is 34.4 Å². The van der Waals surface area contributed by atoms with E-state index in [2.05, 4.69) is 10.1 Å². The molecule has 2 aromatic heterocycles. The quantitative estimate of drug-likeness (QED) is 0.588. The van der Waals surface area contributed by atoms with Gasteiger partial charge in [-0.2, -0.15) is 4.98 Å². The minimum absolute atomic E-state index is 0.00551. The summed E-state index contributed by atoms with van der Waals surface area (Å²) >= 11 is 1.57. The van der Waals surface area contributed by atoms with Crippen molar-refractivity contribution in [2.45, 2.75) is 18.8 Å². The van der Waals surface area contributed by atoms with Crippen LogP contribution in [0.1, 0.15) is 35.0 Å². The van der Waals surface area contributed by atoms with Crippen molar-refractivity contribution in [1.29, 1.82) is 0 Å². The third-order valence-electron chi connectivity index (χ3n) is 5.15. The Balaban J connectivity index is 1.54. The molecular weight excluding hydrogens is 406 g/mol. The van der Waals surface area contributed by atoms with Crippen LogP contribution in [0.15, 0.2) is 34.2 Å². The highest BCUT2D eigenvalue weighted by Crippen LogP contribution is 2.39. The molecule has 4 rings (SSSR count). The number of piperidine rings is 1. The minimum atomic E-state index is -0.100. The van der Waals surface area contributed by atoms with E-state index in [1.165, 1.54) is 21.3 Å². The monoisotopic (exact) mass is 429 g/mol. The number of amides is 1. The van der Waals surface area contributed by atoms with E-state index in [0.717, 1.165) is 17.7 Å². The number of carbonyl (C=O) groups is 1. The number of carbonyl (C=O) groups excluding carboxylic acids is 1. The van der Waals surface area contributed by atoms with Crippen molar-refractivity contribution >= 4 is 17.2 Å². The lowest BCUT2D eigenvalue weighted by molar-refractivity contribution is 0.0695. The number of nitrogens with zero attached hydrogens (tertiary/aromatic N) is 3. The number of thiophene rings is 1. The summed E-state index contributed by atoms with van der Waals surface area (Å²) in [5.74, 6) is 2.43. The van der Waals surface area contributed by atoms with E-state index in [1.807, 2.05) is 22.4 Å². The number of methoxy groups -OCH3 is 3. The Morgan fingerprint density at radius 1 is 1.20 bits per heavy atom. The number of benzene rings is 1. The van der Waals surface area contributed by atoms with Gasteiger partial charge in [0.25, 0.3) is 5.91 Å². The third kappa shape index (κ3) is 3.85. The van der Waals surface area contributed by atoms with Gasteiger partial charge < -0.3 is 23.6 Å². The van der Waals surface area contributed by atoms with Crippen LogP contribution < -0.4 is 14.2 Å². The number of likely N-dealkylation sites (tertiary alicyclic amines) is 1. The van der Waals surface area contributed by atoms with Crippen LogP contribution in [-0.4, -0.2) is 55.4 Å². The molecule has 1 aromatic carbocycles. The Kier molecular flexibility index (Phi) is 5.89. The second kappa shape index (κ2) is 8.74. The highest BCUT2D eigenvalue weighted by atomic mass is 32.1. The van der Waals surface area contributed by atoms with Gasteiger partial charge in [0.05, 0.1) is 32.1 Å². The van der Waals surface area contributed by atoms with E-state index in [4.69, 9.17) is 18.7 Å². The average molecular weight is 429 g/mol. The topological polar surface area (TPSA) is 86.9 Å². The number of aromatic nitrogens is 2. The lowest BCUT2D eigenvalue weighted by Gasteiger charge is -2.31. The van der Waals surface area contributed by atoms with E-state index < -0.39 is 0 Å². The molecule has 158 valence electrons. The molecule has 0 unspecified atom stereocenters. The van der Waals surface area contributed by atoms with Crippen LogP contribution in [0, 0.1) is 0 Å². The maximum atomic E-state index is 13.2. The lowest BCUT2D eigenvalue weighted by Crippen LogP contribution is -2.39. The van der Waals surface area contributed by atoms with Crippen LogP contribution >= 0.6 is 11.3 Å². The summed E-state index contributed by atoms with van der Waals surface area (Å²) in [6.07, 6.45) is 1.75. The standard InChI is InChI=1S/C21H23N3O5S/c1-26-15-10-14(11-16(27-2)18(15)28-3)21(25)24-8-4-6-13(12-24)20-22-19(23-29-20)17-7-5-9-30-17/h5,7,9-11,13H,4,6,8,12H2,1-3H3/t13-/m0/s1. The number of hydrogen-bond donors (Lipinski definition) is 0. The van der Waals surface area contributed by atoms with Crippen molar-refractivity contribution in [3.05, 3.63) is 41.1 Å². The van der Waals surface area contributed by atoms with Crippen molar-refractivity contribution in [3.8, 4) is 28.0 Å². The summed E-state index contributed by atoms with van der Waals surface area (Å²) in [5, 5.41) is 6.08. The predicted octanol–water partition coefficient (Wildman–Crippen LogP) is 3.84. The molecule has 0 bridgehead atoms. The first kappa shape index (κ1) is 20.2. The highest BCUT2D eigenvalue weighted by Gasteiger charge is 2.30. The van der Waals surface area contributed by atoms with Crippen LogP contribution in [0.2, 0.25) is 0 Å². The van der Waals surface area contributed by atoms with E-state index in [0.29, 0.717) is 47.6 Å². The first-order valence-corrected chi connectivity index (χ1v) is 10.5. The Labute approximate surface area is 178 Å². The third-order valence-corrected chi connectivity index (χ3v) is 6.02. The summed E-state index contributed by atoms with van der Waals surface area (Å²) in [7, 11) is 4.60. The molecule has 0 aliphatic carbocycles. The van der Waals surface area contributed by atoms with E-state index in [-0.39, 0.29) is 11.8 Å². The van der Waals surface area contributed by atoms with Crippen molar-refractivity contribution < 1.29 is 23.5 Å². The molecule has 1 amide bonds. The van der Waals surface area contributed by atoms with E-state index >= 15 is 0 Å². The van der Waals surface area contributed by atoms with Gasteiger partial charge in [-0.3, -0.25) is 4.79 Å². The lowest BCUT2D eigenvalue weighted by atomic mass is 9.97. The Morgan fingerprint density at radius 3 is 2.60 bits per heavy atom. The van der Waals surface area contributed by atoms with E-state index in [1.54, 1.807) is 23.5 Å². The van der Waals surface area contributed by atoms with Crippen LogP contribution in [0.3, 0.4) is 0 Å². The van der Waals surface area contributed by atoms with Gasteiger partial charge in [0.1, 0.15) is 0 Å². The molecular formula is C21H23N3O5S. The summed E-state index contributed by atoms with van der Waals surface area (Å²) < 4.78 is 21.6. The Bertz CT molecular complexity index is 993. The van der Waals surface area contributed by atoms with Gasteiger partial charge in [-0.05, 0) is 36.4 Å². The van der Waals surface area contributed by atoms with Crippen LogP contribution in [0.4, 0.5) is 0 Å². The summed E-state index contributed by atoms with van der Waals surface area (Å²) in [6.45, 7) is 1.18. The molecule has 30 heavy (non-hydrogen) atoms. The first-order chi connectivity index (χ1) is 14.6.